The van der Waals surface area contributed by atoms with Crippen molar-refractivity contribution in [1.82, 2.24) is 19.7 Å². The molecular formula is C39H44N6O3S. The zero-order chi connectivity index (χ0) is 34.1. The smallest absolute Gasteiger partial charge is 0.303 e. The normalized spacial score (nSPS) is 15.8. The van der Waals surface area contributed by atoms with Gasteiger partial charge in [0.15, 0.2) is 5.13 Å². The maximum atomic E-state index is 13.6. The minimum atomic E-state index is -0.725. The minimum absolute atomic E-state index is 0.0254. The van der Waals surface area contributed by atoms with Gasteiger partial charge in [-0.3, -0.25) is 19.6 Å². The van der Waals surface area contributed by atoms with Crippen LogP contribution in [0, 0.1) is 12.3 Å². The Hall–Kier alpha value is -4.57. The summed E-state index contributed by atoms with van der Waals surface area (Å²) in [6.45, 7) is 8.63. The number of hydrogen-bond donors (Lipinski definition) is 2. The fraction of sp³-hybridized carbons (Fsp3) is 0.410. The molecule has 9 nitrogen and oxygen atoms in total. The average Bonchev–Trinajstić information content (AvgIpc) is 3.68. The molecule has 254 valence electrons. The Morgan fingerprint density at radius 1 is 1.00 bits per heavy atom. The second-order valence-corrected chi connectivity index (χ2v) is 15.1. The number of para-hydroxylation sites is 1. The summed E-state index contributed by atoms with van der Waals surface area (Å²) >= 11 is 1.48. The number of carboxylic acid groups (broad SMARTS) is 1. The van der Waals surface area contributed by atoms with Gasteiger partial charge in [0.25, 0.3) is 5.91 Å². The van der Waals surface area contributed by atoms with Crippen molar-refractivity contribution in [2.75, 3.05) is 16.8 Å². The van der Waals surface area contributed by atoms with Gasteiger partial charge in [-0.05, 0) is 85.4 Å². The number of carboxylic acids is 1. The predicted molar refractivity (Wildman–Crippen MR) is 195 cm³/mol. The monoisotopic (exact) mass is 676 g/mol. The molecule has 2 N–H and O–H groups in total. The Labute approximate surface area is 291 Å². The molecule has 1 fully saturated rings. The third-order valence-electron chi connectivity index (χ3n) is 10.5. The van der Waals surface area contributed by atoms with E-state index in [9.17, 15) is 14.7 Å². The fourth-order valence-corrected chi connectivity index (χ4v) is 8.60. The van der Waals surface area contributed by atoms with E-state index in [1.807, 2.05) is 42.6 Å². The summed E-state index contributed by atoms with van der Waals surface area (Å²) < 4.78 is 3.14. The average molecular weight is 677 g/mol. The van der Waals surface area contributed by atoms with Crippen LogP contribution in [0.3, 0.4) is 0 Å². The first-order chi connectivity index (χ1) is 23.7. The number of hydrogen-bond acceptors (Lipinski definition) is 7. The molecular weight excluding hydrogens is 633 g/mol. The predicted octanol–water partition coefficient (Wildman–Crippen LogP) is 8.62. The third-order valence-corrected chi connectivity index (χ3v) is 11.4. The number of amides is 1. The summed E-state index contributed by atoms with van der Waals surface area (Å²) in [5.74, 6) is 0.218. The van der Waals surface area contributed by atoms with E-state index in [4.69, 9.17) is 10.1 Å². The number of rotatable bonds is 10. The molecule has 1 amide bonds. The molecule has 7 rings (SSSR count). The van der Waals surface area contributed by atoms with Crippen molar-refractivity contribution in [1.29, 1.82) is 0 Å². The number of pyridine rings is 1. The molecule has 49 heavy (non-hydrogen) atoms. The highest BCUT2D eigenvalue weighted by molar-refractivity contribution is 7.22. The van der Waals surface area contributed by atoms with Crippen LogP contribution in [0.4, 0.5) is 10.9 Å². The number of carbonyl (C=O) groups is 2. The van der Waals surface area contributed by atoms with Crippen molar-refractivity contribution in [3.8, 4) is 11.1 Å². The first-order valence-corrected chi connectivity index (χ1v) is 18.3. The van der Waals surface area contributed by atoms with Gasteiger partial charge in [-0.15, -0.1) is 0 Å². The van der Waals surface area contributed by atoms with Gasteiger partial charge in [-0.25, -0.2) is 9.97 Å². The first-order valence-electron chi connectivity index (χ1n) is 17.5. The highest BCUT2D eigenvalue weighted by Crippen LogP contribution is 2.43. The van der Waals surface area contributed by atoms with Gasteiger partial charge in [0, 0.05) is 48.4 Å². The highest BCUT2D eigenvalue weighted by atomic mass is 32.1. The van der Waals surface area contributed by atoms with Crippen LogP contribution in [0.25, 0.3) is 21.3 Å². The van der Waals surface area contributed by atoms with Gasteiger partial charge < -0.3 is 10.0 Å². The number of anilines is 2. The van der Waals surface area contributed by atoms with Crippen LogP contribution in [0.5, 0.6) is 0 Å². The zero-order valence-electron chi connectivity index (χ0n) is 28.5. The maximum Gasteiger partial charge on any atom is 0.303 e. The summed E-state index contributed by atoms with van der Waals surface area (Å²) in [4.78, 5) is 37.2. The Bertz CT molecular complexity index is 1970. The number of nitrogens with one attached hydrogen (secondary N) is 1. The highest BCUT2D eigenvalue weighted by Gasteiger charge is 2.34. The standard InChI is InChI=1S/C39H44N6O3S/c1-25(2)36-28(30-22-40-45(26(30)3)24-39(20-16-35(46)47)18-7-4-8-19-39)14-15-34(42-36)44-21-17-27-10-9-11-29(31(27)23-44)37(48)43-38-41-32-12-5-6-13-33(32)49-38/h5-6,9-15,22,25H,4,7-8,16-21,23-24H2,1-3H3,(H,46,47)(H,41,43,48). The van der Waals surface area contributed by atoms with E-state index in [0.717, 1.165) is 89.3 Å². The van der Waals surface area contributed by atoms with Crippen molar-refractivity contribution >= 4 is 44.4 Å². The Morgan fingerprint density at radius 3 is 2.59 bits per heavy atom. The van der Waals surface area contributed by atoms with E-state index in [-0.39, 0.29) is 23.7 Å². The molecule has 5 aromatic rings. The zero-order valence-corrected chi connectivity index (χ0v) is 29.4. The Kier molecular flexibility index (Phi) is 9.24. The van der Waals surface area contributed by atoms with Gasteiger partial charge in [-0.2, -0.15) is 5.10 Å². The first kappa shape index (κ1) is 33.0. The van der Waals surface area contributed by atoms with E-state index >= 15 is 0 Å². The van der Waals surface area contributed by atoms with Crippen LogP contribution in [0.15, 0.2) is 60.8 Å². The molecule has 4 heterocycles. The molecule has 0 spiro atoms. The quantitative estimate of drug-likeness (QED) is 0.152. The maximum absolute atomic E-state index is 13.6. The van der Waals surface area contributed by atoms with Crippen LogP contribution < -0.4 is 10.2 Å². The molecule has 1 aliphatic carbocycles. The molecule has 3 aromatic heterocycles. The number of fused-ring (bicyclic) bond motifs is 2. The Balaban J connectivity index is 1.13. The van der Waals surface area contributed by atoms with Crippen molar-refractivity contribution in [2.24, 2.45) is 5.41 Å². The molecule has 0 atom stereocenters. The van der Waals surface area contributed by atoms with Crippen LogP contribution in [-0.4, -0.2) is 43.3 Å². The van der Waals surface area contributed by atoms with E-state index in [2.05, 4.69) is 58.9 Å². The van der Waals surface area contributed by atoms with Crippen LogP contribution in [0.2, 0.25) is 0 Å². The topological polar surface area (TPSA) is 113 Å². The molecule has 0 radical (unpaired) electrons. The van der Waals surface area contributed by atoms with Gasteiger partial charge in [-0.1, -0.05) is 68.7 Å². The summed E-state index contributed by atoms with van der Waals surface area (Å²) in [5, 5.41) is 17.9. The largest absolute Gasteiger partial charge is 0.481 e. The van der Waals surface area contributed by atoms with Crippen molar-refractivity contribution in [3.05, 3.63) is 88.9 Å². The van der Waals surface area contributed by atoms with Gasteiger partial charge >= 0.3 is 5.97 Å². The number of benzene rings is 2. The Morgan fingerprint density at radius 2 is 1.82 bits per heavy atom. The summed E-state index contributed by atoms with van der Waals surface area (Å²) in [5.41, 5.74) is 8.01. The molecule has 1 saturated carbocycles. The van der Waals surface area contributed by atoms with Crippen molar-refractivity contribution < 1.29 is 14.7 Å². The van der Waals surface area contributed by atoms with E-state index in [1.54, 1.807) is 0 Å². The van der Waals surface area contributed by atoms with Gasteiger partial charge in [0.2, 0.25) is 0 Å². The van der Waals surface area contributed by atoms with Crippen molar-refractivity contribution in [2.45, 2.75) is 91.1 Å². The summed E-state index contributed by atoms with van der Waals surface area (Å²) in [7, 11) is 0. The lowest BCUT2D eigenvalue weighted by Gasteiger charge is -2.37. The van der Waals surface area contributed by atoms with E-state index in [1.165, 1.54) is 23.3 Å². The van der Waals surface area contributed by atoms with E-state index in [0.29, 0.717) is 23.7 Å². The number of aliphatic carboxylic acids is 1. The molecule has 10 heteroatoms. The fourth-order valence-electron chi connectivity index (χ4n) is 7.74. The number of thiazole rings is 1. The van der Waals surface area contributed by atoms with E-state index < -0.39 is 5.97 Å². The number of aromatic nitrogens is 4. The van der Waals surface area contributed by atoms with Gasteiger partial charge in [0.05, 0.1) is 22.1 Å². The number of nitrogens with zero attached hydrogens (tertiary/aromatic N) is 5. The SMILES string of the molecule is Cc1c(-c2ccc(N3CCc4cccc(C(=O)Nc5nc6ccccc6s5)c4C3)nc2C(C)C)cnn1CC1(CCC(=O)O)CCCCC1. The lowest BCUT2D eigenvalue weighted by atomic mass is 9.71. The third kappa shape index (κ3) is 6.84. The second-order valence-electron chi connectivity index (χ2n) is 14.1. The molecule has 0 saturated heterocycles. The lowest BCUT2D eigenvalue weighted by Crippen LogP contribution is -2.33. The van der Waals surface area contributed by atoms with Crippen molar-refractivity contribution in [3.63, 3.8) is 0 Å². The lowest BCUT2D eigenvalue weighted by molar-refractivity contribution is -0.138. The molecule has 0 bridgehead atoms. The molecule has 1 aliphatic heterocycles. The second kappa shape index (κ2) is 13.7. The number of carbonyl (C=O) groups excluding carboxylic acids is 1. The molecule has 2 aliphatic rings. The summed E-state index contributed by atoms with van der Waals surface area (Å²) in [6, 6.07) is 18.2. The van der Waals surface area contributed by atoms with Crippen LogP contribution >= 0.6 is 11.3 Å². The van der Waals surface area contributed by atoms with Crippen LogP contribution in [0.1, 0.15) is 97.6 Å². The van der Waals surface area contributed by atoms with Gasteiger partial charge in [0.1, 0.15) is 5.82 Å². The molecule has 0 unspecified atom stereocenters. The summed E-state index contributed by atoms with van der Waals surface area (Å²) in [6.07, 6.45) is 9.28. The minimum Gasteiger partial charge on any atom is -0.481 e. The molecule has 2 aromatic carbocycles. The van der Waals surface area contributed by atoms with Crippen LogP contribution in [-0.2, 0) is 24.3 Å².